The van der Waals surface area contributed by atoms with Crippen LogP contribution in [-0.4, -0.2) is 13.7 Å². The van der Waals surface area contributed by atoms with Crippen LogP contribution in [0.3, 0.4) is 0 Å². The van der Waals surface area contributed by atoms with E-state index in [0.29, 0.717) is 6.54 Å². The third-order valence-electron chi connectivity index (χ3n) is 3.72. The Morgan fingerprint density at radius 2 is 1.83 bits per heavy atom. The fraction of sp³-hybridized carbons (Fsp3) is 0.600. The van der Waals surface area contributed by atoms with E-state index in [4.69, 9.17) is 16.2 Å². The molecule has 3 nitrogen and oxygen atoms in total. The maximum absolute atomic E-state index is 6.32. The van der Waals surface area contributed by atoms with Crippen LogP contribution in [0, 0.1) is 19.3 Å². The monoisotopic (exact) mass is 250 g/mol. The van der Waals surface area contributed by atoms with Gasteiger partial charge in [-0.15, -0.1) is 0 Å². The van der Waals surface area contributed by atoms with Gasteiger partial charge in [-0.05, 0) is 55.0 Å². The molecule has 0 spiro atoms. The second-order valence-corrected chi connectivity index (χ2v) is 5.79. The summed E-state index contributed by atoms with van der Waals surface area (Å²) in [6, 6.07) is 4.08. The Morgan fingerprint density at radius 1 is 1.22 bits per heavy atom. The number of hydrogen-bond donors (Lipinski definition) is 2. The molecule has 0 aliphatic rings. The van der Waals surface area contributed by atoms with Crippen LogP contribution in [0.1, 0.15) is 43.0 Å². The molecule has 1 aromatic carbocycles. The zero-order chi connectivity index (χ0) is 13.9. The predicted molar refractivity (Wildman–Crippen MR) is 76.8 cm³/mol. The van der Waals surface area contributed by atoms with Gasteiger partial charge in [-0.2, -0.15) is 0 Å². The van der Waals surface area contributed by atoms with E-state index in [0.717, 1.165) is 17.7 Å². The molecule has 1 atom stereocenters. The summed E-state index contributed by atoms with van der Waals surface area (Å²) in [4.78, 5) is 0. The molecule has 0 fully saturated rings. The number of ether oxygens (including phenoxy) is 1. The van der Waals surface area contributed by atoms with Gasteiger partial charge in [-0.25, -0.2) is 0 Å². The number of rotatable bonds is 5. The Hall–Kier alpha value is -1.06. The molecule has 0 aliphatic heterocycles. The van der Waals surface area contributed by atoms with E-state index in [2.05, 4.69) is 33.8 Å². The van der Waals surface area contributed by atoms with Crippen LogP contribution in [-0.2, 0) is 0 Å². The molecule has 1 aromatic rings. The molecule has 0 aromatic heterocycles. The van der Waals surface area contributed by atoms with Gasteiger partial charge in [0.05, 0.1) is 7.11 Å². The van der Waals surface area contributed by atoms with E-state index >= 15 is 0 Å². The highest BCUT2D eigenvalue weighted by Crippen LogP contribution is 2.32. The normalized spacial score (nSPS) is 13.5. The van der Waals surface area contributed by atoms with Gasteiger partial charge in [0, 0.05) is 6.04 Å². The fourth-order valence-electron chi connectivity index (χ4n) is 2.23. The van der Waals surface area contributed by atoms with Crippen LogP contribution in [0.2, 0.25) is 0 Å². The summed E-state index contributed by atoms with van der Waals surface area (Å²) in [6.07, 6.45) is 0.885. The quantitative estimate of drug-likeness (QED) is 0.844. The number of benzene rings is 1. The molecular weight excluding hydrogens is 224 g/mol. The van der Waals surface area contributed by atoms with Crippen molar-refractivity contribution in [3.63, 3.8) is 0 Å². The molecule has 4 N–H and O–H groups in total. The molecule has 0 bridgehead atoms. The molecule has 18 heavy (non-hydrogen) atoms. The Morgan fingerprint density at radius 3 is 2.33 bits per heavy atom. The van der Waals surface area contributed by atoms with Crippen LogP contribution in [0.25, 0.3) is 0 Å². The van der Waals surface area contributed by atoms with E-state index in [1.807, 2.05) is 6.07 Å². The molecule has 1 unspecified atom stereocenters. The number of methoxy groups -OCH3 is 1. The third kappa shape index (κ3) is 3.24. The van der Waals surface area contributed by atoms with Crippen molar-refractivity contribution in [1.29, 1.82) is 0 Å². The first kappa shape index (κ1) is 15.0. The summed E-state index contributed by atoms with van der Waals surface area (Å²) >= 11 is 0. The average Bonchev–Trinajstić information content (AvgIpc) is 2.32. The van der Waals surface area contributed by atoms with E-state index in [9.17, 15) is 0 Å². The van der Waals surface area contributed by atoms with Crippen molar-refractivity contribution < 1.29 is 4.74 Å². The van der Waals surface area contributed by atoms with Crippen molar-refractivity contribution >= 4 is 0 Å². The lowest BCUT2D eigenvalue weighted by atomic mass is 9.82. The second kappa shape index (κ2) is 5.72. The van der Waals surface area contributed by atoms with E-state index in [1.54, 1.807) is 7.11 Å². The van der Waals surface area contributed by atoms with Crippen LogP contribution >= 0.6 is 0 Å². The topological polar surface area (TPSA) is 61.3 Å². The summed E-state index contributed by atoms with van der Waals surface area (Å²) in [5.41, 5.74) is 15.7. The first-order valence-corrected chi connectivity index (χ1v) is 6.42. The number of nitrogens with two attached hydrogens (primary N) is 2. The Balaban J connectivity index is 3.00. The van der Waals surface area contributed by atoms with Crippen molar-refractivity contribution in [2.75, 3.05) is 13.7 Å². The summed E-state index contributed by atoms with van der Waals surface area (Å²) in [7, 11) is 1.69. The highest BCUT2D eigenvalue weighted by molar-refractivity contribution is 5.44. The Kier molecular flexibility index (Phi) is 4.77. The average molecular weight is 250 g/mol. The lowest BCUT2D eigenvalue weighted by molar-refractivity contribution is 0.317. The summed E-state index contributed by atoms with van der Waals surface area (Å²) in [5.74, 6) is 0.918. The summed E-state index contributed by atoms with van der Waals surface area (Å²) in [6.45, 7) is 9.12. The van der Waals surface area contributed by atoms with Crippen LogP contribution in [0.5, 0.6) is 5.75 Å². The van der Waals surface area contributed by atoms with E-state index < -0.39 is 0 Å². The third-order valence-corrected chi connectivity index (χ3v) is 3.72. The molecular formula is C15H26N2O. The van der Waals surface area contributed by atoms with Gasteiger partial charge in [-0.3, -0.25) is 0 Å². The molecule has 1 rings (SSSR count). The van der Waals surface area contributed by atoms with Crippen molar-refractivity contribution in [3.8, 4) is 5.75 Å². The summed E-state index contributed by atoms with van der Waals surface area (Å²) in [5, 5.41) is 0. The van der Waals surface area contributed by atoms with Gasteiger partial charge in [0.25, 0.3) is 0 Å². The first-order valence-electron chi connectivity index (χ1n) is 6.42. The minimum Gasteiger partial charge on any atom is -0.496 e. The largest absolute Gasteiger partial charge is 0.496 e. The smallest absolute Gasteiger partial charge is 0.122 e. The van der Waals surface area contributed by atoms with Crippen LogP contribution in [0.15, 0.2) is 12.1 Å². The van der Waals surface area contributed by atoms with Gasteiger partial charge in [0.2, 0.25) is 0 Å². The maximum atomic E-state index is 6.32. The SMILES string of the molecule is COc1ccc(C(N)CC(C)(C)CN)c(C)c1C. The molecule has 0 amide bonds. The van der Waals surface area contributed by atoms with Gasteiger partial charge in [-0.1, -0.05) is 19.9 Å². The lowest BCUT2D eigenvalue weighted by Crippen LogP contribution is -2.29. The van der Waals surface area contributed by atoms with E-state index in [1.165, 1.54) is 11.1 Å². The highest BCUT2D eigenvalue weighted by Gasteiger charge is 2.22. The van der Waals surface area contributed by atoms with Gasteiger partial charge < -0.3 is 16.2 Å². The maximum Gasteiger partial charge on any atom is 0.122 e. The van der Waals surface area contributed by atoms with Crippen LogP contribution < -0.4 is 16.2 Å². The summed E-state index contributed by atoms with van der Waals surface area (Å²) < 4.78 is 5.32. The van der Waals surface area contributed by atoms with Crippen molar-refractivity contribution in [2.24, 2.45) is 16.9 Å². The zero-order valence-electron chi connectivity index (χ0n) is 12.2. The van der Waals surface area contributed by atoms with Crippen molar-refractivity contribution in [3.05, 3.63) is 28.8 Å². The highest BCUT2D eigenvalue weighted by atomic mass is 16.5. The standard InChI is InChI=1S/C15H26N2O/c1-10-11(2)14(18-5)7-6-12(10)13(17)8-15(3,4)9-16/h6-7,13H,8-9,16-17H2,1-5H3. The lowest BCUT2D eigenvalue weighted by Gasteiger charge is -2.27. The minimum absolute atomic E-state index is 0.0214. The van der Waals surface area contributed by atoms with Crippen LogP contribution in [0.4, 0.5) is 0 Å². The zero-order valence-corrected chi connectivity index (χ0v) is 12.2. The second-order valence-electron chi connectivity index (χ2n) is 5.79. The Bertz CT molecular complexity index is 413. The van der Waals surface area contributed by atoms with Crippen molar-refractivity contribution in [1.82, 2.24) is 0 Å². The fourth-order valence-corrected chi connectivity index (χ4v) is 2.23. The molecule has 102 valence electrons. The Labute approximate surface area is 111 Å². The predicted octanol–water partition coefficient (Wildman–Crippen LogP) is 2.69. The molecule has 0 radical (unpaired) electrons. The molecule has 0 heterocycles. The van der Waals surface area contributed by atoms with Gasteiger partial charge in [0.15, 0.2) is 0 Å². The molecule has 3 heteroatoms. The molecule has 0 aliphatic carbocycles. The minimum atomic E-state index is 0.0214. The van der Waals surface area contributed by atoms with Crippen molar-refractivity contribution in [2.45, 2.75) is 40.2 Å². The van der Waals surface area contributed by atoms with Gasteiger partial charge >= 0.3 is 0 Å². The molecule has 0 saturated heterocycles. The van der Waals surface area contributed by atoms with Gasteiger partial charge in [0.1, 0.15) is 5.75 Å². The molecule has 0 saturated carbocycles. The van der Waals surface area contributed by atoms with E-state index in [-0.39, 0.29) is 11.5 Å². The first-order chi connectivity index (χ1) is 8.32. The number of hydrogen-bond acceptors (Lipinski definition) is 3.